The van der Waals surface area contributed by atoms with Gasteiger partial charge in [-0.3, -0.25) is 39.8 Å². The Hall–Kier alpha value is -9.72. The molecule has 4 aliphatic rings. The molecule has 2 fully saturated rings. The first-order chi connectivity index (χ1) is 35.3. The largest absolute Gasteiger partial charge is 0.506 e. The van der Waals surface area contributed by atoms with Gasteiger partial charge in [0.05, 0.1) is 46.8 Å². The Bertz CT molecular complexity index is 3650. The number of benzene rings is 4. The summed E-state index contributed by atoms with van der Waals surface area (Å²) in [6, 6.07) is 27.0. The second kappa shape index (κ2) is 17.6. The zero-order valence-electron chi connectivity index (χ0n) is 39.1. The van der Waals surface area contributed by atoms with Crippen LogP contribution in [0.3, 0.4) is 0 Å². The summed E-state index contributed by atoms with van der Waals surface area (Å²) in [5.74, 6) is 0.456. The number of imide groups is 2. The molecule has 5 N–H and O–H groups in total. The van der Waals surface area contributed by atoms with Gasteiger partial charge in [-0.15, -0.1) is 0 Å². The molecule has 366 valence electrons. The number of methoxy groups -OCH3 is 3. The lowest BCUT2D eigenvalue weighted by Gasteiger charge is -2.29. The number of carbonyl (C=O) groups is 6. The van der Waals surface area contributed by atoms with Crippen LogP contribution in [0.25, 0.3) is 44.2 Å². The second-order valence-electron chi connectivity index (χ2n) is 17.7. The number of nitrogens with zero attached hydrogens (tertiary/aromatic N) is 4. The van der Waals surface area contributed by atoms with Crippen molar-refractivity contribution in [1.82, 2.24) is 41.0 Å². The van der Waals surface area contributed by atoms with Gasteiger partial charge in [-0.05, 0) is 95.1 Å². The van der Waals surface area contributed by atoms with Crippen LogP contribution in [0.2, 0.25) is 0 Å². The highest BCUT2D eigenvalue weighted by Crippen LogP contribution is 2.40. The third-order valence-corrected chi connectivity index (χ3v) is 13.4. The molecule has 0 bridgehead atoms. The van der Waals surface area contributed by atoms with Gasteiger partial charge in [0, 0.05) is 58.5 Å². The number of urea groups is 2. The van der Waals surface area contributed by atoms with Gasteiger partial charge in [0.1, 0.15) is 45.7 Å². The molecule has 8 amide bonds. The molecule has 0 radical (unpaired) electrons. The Morgan fingerprint density at radius 1 is 0.562 bits per heavy atom. The predicted octanol–water partition coefficient (Wildman–Crippen LogP) is 6.10. The molecule has 0 unspecified atom stereocenters. The molecule has 4 aliphatic heterocycles. The van der Waals surface area contributed by atoms with E-state index in [1.54, 1.807) is 86.4 Å². The topological polar surface area (TPSA) is 257 Å². The van der Waals surface area contributed by atoms with Crippen LogP contribution < -0.4 is 35.5 Å². The molecule has 4 aromatic carbocycles. The fraction of sp³-hybridized carbons (Fsp3) is 0.170. The van der Waals surface area contributed by atoms with Crippen molar-refractivity contribution in [3.8, 4) is 45.3 Å². The first kappa shape index (κ1) is 45.7. The van der Waals surface area contributed by atoms with Gasteiger partial charge >= 0.3 is 12.1 Å². The molecular weight excluding hydrogens is 941 g/mol. The van der Waals surface area contributed by atoms with Crippen LogP contribution in [0.5, 0.6) is 23.0 Å². The van der Waals surface area contributed by atoms with Gasteiger partial charge in [0.2, 0.25) is 0 Å². The molecule has 0 saturated carbocycles. The summed E-state index contributed by atoms with van der Waals surface area (Å²) in [6.45, 7) is 0.327. The van der Waals surface area contributed by atoms with Crippen molar-refractivity contribution in [1.29, 1.82) is 0 Å². The standard InChI is InChI=1S/C27H22N4O6.C26H20N4O6/c1-35-18-5-3-16-13-31(24(32)20(16)11-18)14-27(25(33)29-26(34)30-27)23-10-17-9-15(4-6-21(17)37-23)19-7-8-28-12-22(19)36-2;1-35-17-4-2-15-12-30(23(32)19(15)10-17)13-26(24(33)28-25(34)29-26)22-9-16-8-14(3-5-21(16)36-22)18-6-7-27-11-20(18)31/h3-12H,13-14H2,1-2H3,(H2,29,30,33,34);2-11,31H,12-13H2,1H3,(H2,28,29,33,34)/t27-;26-/m00/s1. The number of hydrogen-bond acceptors (Lipinski definition) is 14. The number of amides is 8. The maximum atomic E-state index is 13.2. The second-order valence-corrected chi connectivity index (χ2v) is 17.7. The Kier molecular flexibility index (Phi) is 11.0. The molecule has 2 atom stereocenters. The molecule has 12 rings (SSSR count). The SMILES string of the molecule is COc1ccc2c(c1)C(=O)N(C[C@@]1(c3cc4cc(-c5ccncc5O)ccc4o3)NC(=O)NC1=O)C2.COc1ccc2c(c1)C(=O)N(C[C@@]1(c3cc4cc(-c5ccncc5OC)ccc4o3)NC(=O)NC1=O)C2. The van der Waals surface area contributed by atoms with Crippen LogP contribution in [-0.4, -0.2) is 95.0 Å². The number of ether oxygens (including phenoxy) is 3. The van der Waals surface area contributed by atoms with Crippen LogP contribution in [0, 0.1) is 0 Å². The molecule has 4 aromatic heterocycles. The minimum absolute atomic E-state index is 0.0308. The van der Waals surface area contributed by atoms with Crippen molar-refractivity contribution in [3.63, 3.8) is 0 Å². The number of fused-ring (bicyclic) bond motifs is 4. The van der Waals surface area contributed by atoms with E-state index in [4.69, 9.17) is 23.0 Å². The number of hydrogen-bond donors (Lipinski definition) is 5. The first-order valence-corrected chi connectivity index (χ1v) is 22.7. The zero-order chi connectivity index (χ0) is 50.8. The number of furan rings is 2. The van der Waals surface area contributed by atoms with Gasteiger partial charge in [0.25, 0.3) is 23.6 Å². The van der Waals surface area contributed by atoms with Gasteiger partial charge < -0.3 is 48.6 Å². The van der Waals surface area contributed by atoms with Gasteiger partial charge in [-0.2, -0.15) is 0 Å². The minimum atomic E-state index is -1.61. The van der Waals surface area contributed by atoms with E-state index in [2.05, 4.69) is 31.2 Å². The van der Waals surface area contributed by atoms with E-state index in [1.165, 1.54) is 30.2 Å². The van der Waals surface area contributed by atoms with Crippen molar-refractivity contribution < 1.29 is 56.9 Å². The van der Waals surface area contributed by atoms with E-state index in [1.807, 2.05) is 36.4 Å². The molecule has 8 aromatic rings. The summed E-state index contributed by atoms with van der Waals surface area (Å²) in [7, 11) is 4.63. The Morgan fingerprint density at radius 2 is 1.04 bits per heavy atom. The summed E-state index contributed by atoms with van der Waals surface area (Å²) in [5, 5.41) is 21.5. The average molecular weight is 983 g/mol. The number of aromatic hydroxyl groups is 1. The lowest BCUT2D eigenvalue weighted by Crippen LogP contribution is -2.52. The van der Waals surface area contributed by atoms with Crippen LogP contribution in [0.1, 0.15) is 43.4 Å². The summed E-state index contributed by atoms with van der Waals surface area (Å²) < 4.78 is 28.1. The van der Waals surface area contributed by atoms with Crippen LogP contribution >= 0.6 is 0 Å². The summed E-state index contributed by atoms with van der Waals surface area (Å²) in [5.41, 5.74) is 3.43. The van der Waals surface area contributed by atoms with Crippen molar-refractivity contribution in [3.05, 3.63) is 156 Å². The number of aromatic nitrogens is 2. The number of carbonyl (C=O) groups excluding carboxylic acids is 6. The van der Waals surface area contributed by atoms with Gasteiger partial charge in [-0.25, -0.2) is 9.59 Å². The zero-order valence-corrected chi connectivity index (χ0v) is 39.1. The molecule has 0 aliphatic carbocycles. The van der Waals surface area contributed by atoms with E-state index in [-0.39, 0.29) is 55.3 Å². The van der Waals surface area contributed by atoms with Crippen molar-refractivity contribution >= 4 is 57.6 Å². The quantitative estimate of drug-likeness (QED) is 0.0918. The summed E-state index contributed by atoms with van der Waals surface area (Å²) >= 11 is 0. The Balaban J connectivity index is 0.000000157. The monoisotopic (exact) mass is 982 g/mol. The van der Waals surface area contributed by atoms with E-state index in [0.29, 0.717) is 50.5 Å². The average Bonchev–Trinajstić information content (AvgIpc) is 4.26. The highest BCUT2D eigenvalue weighted by molar-refractivity contribution is 6.10. The molecule has 73 heavy (non-hydrogen) atoms. The lowest BCUT2D eigenvalue weighted by atomic mass is 9.95. The van der Waals surface area contributed by atoms with Crippen molar-refractivity contribution in [2.24, 2.45) is 0 Å². The molecule has 2 saturated heterocycles. The highest BCUT2D eigenvalue weighted by atomic mass is 16.5. The Morgan fingerprint density at radius 3 is 1.49 bits per heavy atom. The molecular formula is C53H42N8O12. The number of rotatable bonds is 11. The third kappa shape index (κ3) is 7.80. The summed E-state index contributed by atoms with van der Waals surface area (Å²) in [6.07, 6.45) is 6.24. The first-order valence-electron chi connectivity index (χ1n) is 22.7. The Labute approximate surface area is 413 Å². The molecule has 20 heteroatoms. The minimum Gasteiger partial charge on any atom is -0.506 e. The van der Waals surface area contributed by atoms with Crippen molar-refractivity contribution in [2.45, 2.75) is 24.2 Å². The van der Waals surface area contributed by atoms with Crippen LogP contribution in [0.4, 0.5) is 9.59 Å². The third-order valence-electron chi connectivity index (χ3n) is 13.4. The fourth-order valence-electron chi connectivity index (χ4n) is 9.73. The fourth-order valence-corrected chi connectivity index (χ4v) is 9.73. The smallest absolute Gasteiger partial charge is 0.322 e. The molecule has 8 heterocycles. The van der Waals surface area contributed by atoms with E-state index in [0.717, 1.165) is 33.2 Å². The normalized spacial score (nSPS) is 18.8. The summed E-state index contributed by atoms with van der Waals surface area (Å²) in [4.78, 5) is 88.3. The van der Waals surface area contributed by atoms with Gasteiger partial charge in [-0.1, -0.05) is 24.3 Å². The van der Waals surface area contributed by atoms with E-state index in [9.17, 15) is 33.9 Å². The number of nitrogens with one attached hydrogen (secondary N) is 4. The predicted molar refractivity (Wildman–Crippen MR) is 259 cm³/mol. The maximum Gasteiger partial charge on any atom is 0.322 e. The highest BCUT2D eigenvalue weighted by Gasteiger charge is 2.54. The van der Waals surface area contributed by atoms with Crippen LogP contribution in [-0.2, 0) is 33.8 Å². The number of pyridine rings is 2. The van der Waals surface area contributed by atoms with E-state index >= 15 is 0 Å². The maximum absolute atomic E-state index is 13.2. The van der Waals surface area contributed by atoms with Gasteiger partial charge in [0.15, 0.2) is 11.1 Å². The van der Waals surface area contributed by atoms with Crippen LogP contribution in [0.15, 0.2) is 131 Å². The van der Waals surface area contributed by atoms with E-state index < -0.39 is 35.0 Å². The molecule has 0 spiro atoms. The lowest BCUT2D eigenvalue weighted by molar-refractivity contribution is -0.126. The molecule has 20 nitrogen and oxygen atoms in total. The van der Waals surface area contributed by atoms with Crippen molar-refractivity contribution in [2.75, 3.05) is 34.4 Å².